The molecule has 0 saturated carbocycles. The molecule has 0 fully saturated rings. The summed E-state index contributed by atoms with van der Waals surface area (Å²) in [5.74, 6) is 1.82. The first-order valence-electron chi connectivity index (χ1n) is 4.78. The molecule has 0 aromatic heterocycles. The van der Waals surface area contributed by atoms with Crippen molar-refractivity contribution in [2.45, 2.75) is 6.92 Å². The van der Waals surface area contributed by atoms with Gasteiger partial charge in [0.15, 0.2) is 0 Å². The van der Waals surface area contributed by atoms with E-state index in [1.165, 1.54) is 0 Å². The number of carbonyl (C=O) groups excluding carboxylic acids is 1. The van der Waals surface area contributed by atoms with E-state index in [0.29, 0.717) is 11.6 Å². The molecule has 1 aromatic carbocycles. The molecule has 0 saturated heterocycles. The first-order valence-corrected chi connectivity index (χ1v) is 5.16. The van der Waals surface area contributed by atoms with Crippen molar-refractivity contribution in [1.82, 2.24) is 0 Å². The lowest BCUT2D eigenvalue weighted by Gasteiger charge is -2.00. The molecule has 0 amide bonds. The smallest absolute Gasteiger partial charge is 0.346 e. The van der Waals surface area contributed by atoms with Gasteiger partial charge in [-0.25, -0.2) is 4.79 Å². The predicted octanol–water partition coefficient (Wildman–Crippen LogP) is 2.92. The lowest BCUT2D eigenvalue weighted by atomic mass is 10.1. The van der Waals surface area contributed by atoms with Crippen LogP contribution in [-0.2, 0) is 9.53 Å². The van der Waals surface area contributed by atoms with E-state index < -0.39 is 5.97 Å². The van der Waals surface area contributed by atoms with Gasteiger partial charge in [0, 0.05) is 5.02 Å². The van der Waals surface area contributed by atoms with Crippen LogP contribution in [0.2, 0.25) is 5.02 Å². The van der Waals surface area contributed by atoms with Crippen molar-refractivity contribution in [3.63, 3.8) is 0 Å². The van der Waals surface area contributed by atoms with E-state index >= 15 is 0 Å². The lowest BCUT2D eigenvalue weighted by Crippen LogP contribution is -2.05. The molecule has 0 unspecified atom stereocenters. The molecule has 0 spiro atoms. The summed E-state index contributed by atoms with van der Waals surface area (Å²) in [6, 6.07) is 7.01. The third kappa shape index (κ3) is 3.45. The number of terminal acetylenes is 1. The maximum Gasteiger partial charge on any atom is 0.346 e. The van der Waals surface area contributed by atoms with Crippen molar-refractivity contribution in [1.29, 1.82) is 0 Å². The average Bonchev–Trinajstić information content (AvgIpc) is 2.28. The molecule has 0 aliphatic heterocycles. The Labute approximate surface area is 99.9 Å². The van der Waals surface area contributed by atoms with Crippen LogP contribution in [0, 0.1) is 12.3 Å². The van der Waals surface area contributed by atoms with Gasteiger partial charge in [0.25, 0.3) is 0 Å². The molecule has 0 bridgehead atoms. The van der Waals surface area contributed by atoms with Gasteiger partial charge in [-0.3, -0.25) is 0 Å². The second kappa shape index (κ2) is 5.99. The van der Waals surface area contributed by atoms with Crippen molar-refractivity contribution >= 4 is 23.6 Å². The van der Waals surface area contributed by atoms with Gasteiger partial charge in [-0.1, -0.05) is 29.7 Å². The second-order valence-corrected chi connectivity index (χ2v) is 3.41. The van der Waals surface area contributed by atoms with Gasteiger partial charge in [0.05, 0.1) is 6.61 Å². The van der Waals surface area contributed by atoms with E-state index in [2.05, 4.69) is 5.92 Å². The Morgan fingerprint density at radius 1 is 1.50 bits per heavy atom. The molecule has 82 valence electrons. The standard InChI is InChI=1S/C13H11ClO2/c1-3-11(13(15)16-4-2)9-10-5-7-12(14)8-6-10/h1,5-9H,4H2,2H3/b11-9+. The molecule has 3 heteroatoms. The highest BCUT2D eigenvalue weighted by molar-refractivity contribution is 6.30. The molecule has 0 N–H and O–H groups in total. The summed E-state index contributed by atoms with van der Waals surface area (Å²) in [6.07, 6.45) is 6.83. The summed E-state index contributed by atoms with van der Waals surface area (Å²) in [5, 5.41) is 0.635. The Kier molecular flexibility index (Phi) is 4.63. The van der Waals surface area contributed by atoms with E-state index in [4.69, 9.17) is 22.8 Å². The summed E-state index contributed by atoms with van der Waals surface area (Å²) < 4.78 is 4.82. The summed E-state index contributed by atoms with van der Waals surface area (Å²) in [5.41, 5.74) is 1.01. The van der Waals surface area contributed by atoms with Gasteiger partial charge >= 0.3 is 5.97 Å². The van der Waals surface area contributed by atoms with E-state index in [1.54, 1.807) is 37.3 Å². The number of ether oxygens (including phenoxy) is 1. The molecular formula is C13H11ClO2. The van der Waals surface area contributed by atoms with Crippen LogP contribution in [-0.4, -0.2) is 12.6 Å². The highest BCUT2D eigenvalue weighted by Crippen LogP contribution is 2.12. The zero-order valence-electron chi connectivity index (χ0n) is 8.87. The average molecular weight is 235 g/mol. The number of rotatable bonds is 3. The fourth-order valence-corrected chi connectivity index (χ4v) is 1.22. The zero-order chi connectivity index (χ0) is 12.0. The quantitative estimate of drug-likeness (QED) is 0.457. The Hall–Kier alpha value is -1.72. The third-order valence-corrected chi connectivity index (χ3v) is 2.08. The summed E-state index contributed by atoms with van der Waals surface area (Å²) >= 11 is 5.74. The minimum absolute atomic E-state index is 0.198. The number of carbonyl (C=O) groups is 1. The highest BCUT2D eigenvalue weighted by atomic mass is 35.5. The van der Waals surface area contributed by atoms with E-state index in [9.17, 15) is 4.79 Å². The Morgan fingerprint density at radius 2 is 2.12 bits per heavy atom. The summed E-state index contributed by atoms with van der Waals surface area (Å²) in [6.45, 7) is 2.03. The number of esters is 1. The molecule has 1 rings (SSSR count). The number of benzene rings is 1. The molecule has 0 aliphatic carbocycles. The monoisotopic (exact) mass is 234 g/mol. The largest absolute Gasteiger partial charge is 0.462 e. The minimum Gasteiger partial charge on any atom is -0.462 e. The van der Waals surface area contributed by atoms with Crippen molar-refractivity contribution in [2.75, 3.05) is 6.61 Å². The summed E-state index contributed by atoms with van der Waals surface area (Å²) in [7, 11) is 0. The molecule has 0 atom stereocenters. The second-order valence-electron chi connectivity index (χ2n) is 2.97. The molecule has 0 heterocycles. The van der Waals surface area contributed by atoms with Crippen LogP contribution in [0.25, 0.3) is 6.08 Å². The maximum atomic E-state index is 11.4. The molecule has 1 aromatic rings. The van der Waals surface area contributed by atoms with E-state index in [-0.39, 0.29) is 5.57 Å². The summed E-state index contributed by atoms with van der Waals surface area (Å²) in [4.78, 5) is 11.4. The predicted molar refractivity (Wildman–Crippen MR) is 64.9 cm³/mol. The van der Waals surface area contributed by atoms with Gasteiger partial charge in [-0.05, 0) is 30.7 Å². The number of hydrogen-bond donors (Lipinski definition) is 0. The molecule has 16 heavy (non-hydrogen) atoms. The fourth-order valence-electron chi connectivity index (χ4n) is 1.09. The molecular weight excluding hydrogens is 224 g/mol. The van der Waals surface area contributed by atoms with Crippen molar-refractivity contribution < 1.29 is 9.53 Å². The highest BCUT2D eigenvalue weighted by Gasteiger charge is 2.06. The van der Waals surface area contributed by atoms with Gasteiger partial charge in [-0.2, -0.15) is 0 Å². The van der Waals surface area contributed by atoms with Gasteiger partial charge < -0.3 is 4.74 Å². The third-order valence-electron chi connectivity index (χ3n) is 1.83. The van der Waals surface area contributed by atoms with Crippen LogP contribution in [0.1, 0.15) is 12.5 Å². The van der Waals surface area contributed by atoms with Crippen LogP contribution in [0.3, 0.4) is 0 Å². The molecule has 0 aliphatic rings. The molecule has 2 nitrogen and oxygen atoms in total. The van der Waals surface area contributed by atoms with Gasteiger partial charge in [0.2, 0.25) is 0 Å². The minimum atomic E-state index is -0.486. The Bertz CT molecular complexity index is 438. The first kappa shape index (κ1) is 12.4. The van der Waals surface area contributed by atoms with Crippen LogP contribution in [0.15, 0.2) is 29.8 Å². The maximum absolute atomic E-state index is 11.4. The van der Waals surface area contributed by atoms with Crippen molar-refractivity contribution in [2.24, 2.45) is 0 Å². The lowest BCUT2D eigenvalue weighted by molar-refractivity contribution is -0.137. The van der Waals surface area contributed by atoms with E-state index in [1.807, 2.05) is 0 Å². The molecule has 0 radical (unpaired) electrons. The van der Waals surface area contributed by atoms with E-state index in [0.717, 1.165) is 5.56 Å². The Morgan fingerprint density at radius 3 is 2.62 bits per heavy atom. The SMILES string of the molecule is C#C/C(=C\c1ccc(Cl)cc1)C(=O)OCC. The number of hydrogen-bond acceptors (Lipinski definition) is 2. The van der Waals surface area contributed by atoms with Gasteiger partial charge in [-0.15, -0.1) is 6.42 Å². The van der Waals surface area contributed by atoms with Crippen LogP contribution in [0.4, 0.5) is 0 Å². The van der Waals surface area contributed by atoms with Crippen LogP contribution in [0.5, 0.6) is 0 Å². The zero-order valence-corrected chi connectivity index (χ0v) is 9.62. The normalized spacial score (nSPS) is 10.7. The van der Waals surface area contributed by atoms with Crippen molar-refractivity contribution in [3.05, 3.63) is 40.4 Å². The van der Waals surface area contributed by atoms with Crippen LogP contribution < -0.4 is 0 Å². The number of halogens is 1. The van der Waals surface area contributed by atoms with Crippen LogP contribution >= 0.6 is 11.6 Å². The Balaban J connectivity index is 2.92. The fraction of sp³-hybridized carbons (Fsp3) is 0.154. The first-order chi connectivity index (χ1) is 7.67. The van der Waals surface area contributed by atoms with Crippen molar-refractivity contribution in [3.8, 4) is 12.3 Å². The topological polar surface area (TPSA) is 26.3 Å². The van der Waals surface area contributed by atoms with Gasteiger partial charge in [0.1, 0.15) is 5.57 Å².